The summed E-state index contributed by atoms with van der Waals surface area (Å²) < 4.78 is 44.1. The summed E-state index contributed by atoms with van der Waals surface area (Å²) in [6.45, 7) is 0.272. The van der Waals surface area contributed by atoms with Crippen LogP contribution in [0.2, 0.25) is 0 Å². The third-order valence-corrected chi connectivity index (χ3v) is 6.46. The van der Waals surface area contributed by atoms with E-state index in [-0.39, 0.29) is 16.0 Å². The van der Waals surface area contributed by atoms with E-state index in [4.69, 9.17) is 4.74 Å². The first-order chi connectivity index (χ1) is 14.8. The van der Waals surface area contributed by atoms with Crippen LogP contribution in [0.4, 0.5) is 4.39 Å². The van der Waals surface area contributed by atoms with Crippen LogP contribution in [0.25, 0.3) is 0 Å². The topological polar surface area (TPSA) is 122 Å². The Hall–Kier alpha value is -3.31. The molecule has 0 unspecified atom stereocenters. The van der Waals surface area contributed by atoms with Gasteiger partial charge in [-0.3, -0.25) is 20.4 Å². The lowest BCUT2D eigenvalue weighted by atomic mass is 10.2. The number of hydrazine groups is 1. The molecule has 1 heterocycles. The molecule has 31 heavy (non-hydrogen) atoms. The largest absolute Gasteiger partial charge is 0.452 e. The minimum absolute atomic E-state index is 0.0727. The molecule has 0 radical (unpaired) electrons. The summed E-state index contributed by atoms with van der Waals surface area (Å²) in [6.07, 6.45) is 1.63. The van der Waals surface area contributed by atoms with Crippen molar-refractivity contribution in [3.63, 3.8) is 0 Å². The maximum Gasteiger partial charge on any atom is 0.338 e. The first-order valence-electron chi connectivity index (χ1n) is 9.39. The van der Waals surface area contributed by atoms with E-state index in [9.17, 15) is 27.2 Å². The second kappa shape index (κ2) is 9.67. The van der Waals surface area contributed by atoms with Gasteiger partial charge in [0.25, 0.3) is 11.8 Å². The molecule has 11 heteroatoms. The average molecular weight is 449 g/mol. The molecule has 3 rings (SSSR count). The molecule has 1 aliphatic heterocycles. The van der Waals surface area contributed by atoms with Gasteiger partial charge in [0.15, 0.2) is 6.61 Å². The maximum absolute atomic E-state index is 12.8. The van der Waals surface area contributed by atoms with E-state index in [0.717, 1.165) is 25.0 Å². The number of halogens is 1. The fourth-order valence-corrected chi connectivity index (χ4v) is 4.41. The Morgan fingerprint density at radius 2 is 1.48 bits per heavy atom. The van der Waals surface area contributed by atoms with Crippen LogP contribution in [0.3, 0.4) is 0 Å². The highest BCUT2D eigenvalue weighted by atomic mass is 32.2. The van der Waals surface area contributed by atoms with Crippen molar-refractivity contribution in [3.8, 4) is 0 Å². The second-order valence-electron chi connectivity index (χ2n) is 6.72. The number of ether oxygens (including phenoxy) is 1. The Kier molecular flexibility index (Phi) is 6.98. The third-order valence-electron chi connectivity index (χ3n) is 4.55. The summed E-state index contributed by atoms with van der Waals surface area (Å²) in [5.41, 5.74) is 4.38. The lowest BCUT2D eigenvalue weighted by molar-refractivity contribution is -0.125. The molecule has 0 aromatic heterocycles. The number of sulfonamides is 1. The number of rotatable bonds is 6. The summed E-state index contributed by atoms with van der Waals surface area (Å²) in [5, 5.41) is 0. The number of hydrogen-bond acceptors (Lipinski definition) is 6. The second-order valence-corrected chi connectivity index (χ2v) is 8.66. The normalized spacial score (nSPS) is 14.1. The Balaban J connectivity index is 1.48. The zero-order valence-electron chi connectivity index (χ0n) is 16.3. The fraction of sp³-hybridized carbons (Fsp3) is 0.250. The highest BCUT2D eigenvalue weighted by Gasteiger charge is 2.27. The lowest BCUT2D eigenvalue weighted by Crippen LogP contribution is -2.43. The smallest absolute Gasteiger partial charge is 0.338 e. The number of hydrogen-bond donors (Lipinski definition) is 2. The van der Waals surface area contributed by atoms with Crippen LogP contribution in [-0.4, -0.2) is 50.2 Å². The van der Waals surface area contributed by atoms with Gasteiger partial charge in [0.05, 0.1) is 10.5 Å². The summed E-state index contributed by atoms with van der Waals surface area (Å²) in [5.74, 6) is -2.80. The summed E-state index contributed by atoms with van der Waals surface area (Å²) in [4.78, 5) is 35.7. The van der Waals surface area contributed by atoms with Crippen LogP contribution in [0.15, 0.2) is 53.4 Å². The molecule has 0 bridgehead atoms. The Morgan fingerprint density at radius 3 is 2.10 bits per heavy atom. The molecule has 0 saturated carbocycles. The van der Waals surface area contributed by atoms with E-state index in [2.05, 4.69) is 10.9 Å². The van der Waals surface area contributed by atoms with Gasteiger partial charge in [0.2, 0.25) is 10.0 Å². The molecule has 2 amide bonds. The van der Waals surface area contributed by atoms with Crippen LogP contribution in [-0.2, 0) is 19.6 Å². The molecular formula is C20H20FN3O6S. The summed E-state index contributed by atoms with van der Waals surface area (Å²) >= 11 is 0. The predicted octanol–water partition coefficient (Wildman–Crippen LogP) is 1.23. The lowest BCUT2D eigenvalue weighted by Gasteiger charge is -2.15. The van der Waals surface area contributed by atoms with Crippen LogP contribution in [0.5, 0.6) is 0 Å². The molecule has 9 nitrogen and oxygen atoms in total. The number of nitrogens with zero attached hydrogens (tertiary/aromatic N) is 1. The SMILES string of the molecule is O=C(COC(=O)c1ccc(S(=O)(=O)N2CCCC2)cc1)NNC(=O)c1ccc(F)cc1. The van der Waals surface area contributed by atoms with Gasteiger partial charge in [-0.1, -0.05) is 0 Å². The summed E-state index contributed by atoms with van der Waals surface area (Å²) in [7, 11) is -3.59. The Labute approximate surface area is 178 Å². The highest BCUT2D eigenvalue weighted by Crippen LogP contribution is 2.21. The van der Waals surface area contributed by atoms with E-state index >= 15 is 0 Å². The van der Waals surface area contributed by atoms with Crippen molar-refractivity contribution in [2.24, 2.45) is 0 Å². The van der Waals surface area contributed by atoms with Crippen molar-refractivity contribution < 1.29 is 31.9 Å². The minimum atomic E-state index is -3.59. The summed E-state index contributed by atoms with van der Waals surface area (Å²) in [6, 6.07) is 9.91. The number of carbonyl (C=O) groups is 3. The Bertz CT molecular complexity index is 1070. The van der Waals surface area contributed by atoms with E-state index in [1.807, 2.05) is 0 Å². The number of carbonyl (C=O) groups excluding carboxylic acids is 3. The van der Waals surface area contributed by atoms with Gasteiger partial charge in [-0.15, -0.1) is 0 Å². The van der Waals surface area contributed by atoms with E-state index in [1.54, 1.807) is 0 Å². The quantitative estimate of drug-likeness (QED) is 0.505. The van der Waals surface area contributed by atoms with Crippen LogP contribution >= 0.6 is 0 Å². The molecule has 2 N–H and O–H groups in total. The van der Waals surface area contributed by atoms with Crippen molar-refractivity contribution in [1.29, 1.82) is 0 Å². The van der Waals surface area contributed by atoms with E-state index in [0.29, 0.717) is 13.1 Å². The van der Waals surface area contributed by atoms with Crippen molar-refractivity contribution in [3.05, 3.63) is 65.5 Å². The first kappa shape index (κ1) is 22.4. The Morgan fingerprint density at radius 1 is 0.903 bits per heavy atom. The predicted molar refractivity (Wildman–Crippen MR) is 107 cm³/mol. The zero-order chi connectivity index (χ0) is 22.4. The molecule has 1 aliphatic rings. The third kappa shape index (κ3) is 5.64. The molecule has 0 spiro atoms. The van der Waals surface area contributed by atoms with Gasteiger partial charge in [-0.05, 0) is 61.4 Å². The fourth-order valence-electron chi connectivity index (χ4n) is 2.89. The minimum Gasteiger partial charge on any atom is -0.452 e. The molecule has 0 atom stereocenters. The van der Waals surface area contributed by atoms with Crippen molar-refractivity contribution >= 4 is 27.8 Å². The highest BCUT2D eigenvalue weighted by molar-refractivity contribution is 7.89. The average Bonchev–Trinajstić information content (AvgIpc) is 3.32. The maximum atomic E-state index is 12.8. The van der Waals surface area contributed by atoms with Gasteiger partial charge in [0.1, 0.15) is 5.82 Å². The van der Waals surface area contributed by atoms with Gasteiger partial charge in [0, 0.05) is 18.7 Å². The monoisotopic (exact) mass is 449 g/mol. The molecule has 164 valence electrons. The molecule has 0 aliphatic carbocycles. The number of nitrogens with one attached hydrogen (secondary N) is 2. The van der Waals surface area contributed by atoms with E-state index < -0.39 is 40.2 Å². The molecular weight excluding hydrogens is 429 g/mol. The number of esters is 1. The number of benzene rings is 2. The zero-order valence-corrected chi connectivity index (χ0v) is 17.2. The van der Waals surface area contributed by atoms with Crippen LogP contribution in [0.1, 0.15) is 33.6 Å². The van der Waals surface area contributed by atoms with Gasteiger partial charge in [-0.25, -0.2) is 17.6 Å². The molecule has 1 saturated heterocycles. The van der Waals surface area contributed by atoms with Gasteiger partial charge >= 0.3 is 5.97 Å². The molecule has 2 aromatic carbocycles. The molecule has 2 aromatic rings. The van der Waals surface area contributed by atoms with Crippen molar-refractivity contribution in [1.82, 2.24) is 15.2 Å². The van der Waals surface area contributed by atoms with Crippen LogP contribution < -0.4 is 10.9 Å². The standard InChI is InChI=1S/C20H20FN3O6S/c21-16-7-3-14(4-8-16)19(26)23-22-18(25)13-30-20(27)15-5-9-17(10-6-15)31(28,29)24-11-1-2-12-24/h3-10H,1-2,11-13H2,(H,22,25)(H,23,26). The van der Waals surface area contributed by atoms with Crippen LogP contribution in [0, 0.1) is 5.82 Å². The van der Waals surface area contributed by atoms with Crippen molar-refractivity contribution in [2.75, 3.05) is 19.7 Å². The number of amides is 2. The van der Waals surface area contributed by atoms with Gasteiger partial charge < -0.3 is 4.74 Å². The van der Waals surface area contributed by atoms with Gasteiger partial charge in [-0.2, -0.15) is 4.31 Å². The van der Waals surface area contributed by atoms with E-state index in [1.165, 1.54) is 40.7 Å². The molecule has 1 fully saturated rings. The first-order valence-corrected chi connectivity index (χ1v) is 10.8. The van der Waals surface area contributed by atoms with Crippen molar-refractivity contribution in [2.45, 2.75) is 17.7 Å².